The number of terminal acetylenes is 1. The van der Waals surface area contributed by atoms with E-state index in [1.165, 1.54) is 0 Å². The van der Waals surface area contributed by atoms with Gasteiger partial charge in [-0.05, 0) is 0 Å². The maximum Gasteiger partial charge on any atom is 0.391 e. The molecule has 0 heterocycles. The lowest BCUT2D eigenvalue weighted by Gasteiger charge is -1.86. The third-order valence-corrected chi connectivity index (χ3v) is 0.354. The molecule has 0 saturated carbocycles. The SMILES string of the molecule is C#CC(=O)OC(C)=O. The van der Waals surface area contributed by atoms with Crippen LogP contribution in [0.3, 0.4) is 0 Å². The number of ether oxygens (including phenoxy) is 1. The van der Waals surface area contributed by atoms with Crippen molar-refractivity contribution in [1.29, 1.82) is 0 Å². The van der Waals surface area contributed by atoms with Gasteiger partial charge in [0.05, 0.1) is 0 Å². The number of esters is 2. The Hall–Kier alpha value is -1.30. The van der Waals surface area contributed by atoms with Gasteiger partial charge in [0.15, 0.2) is 0 Å². The van der Waals surface area contributed by atoms with E-state index in [1.807, 2.05) is 0 Å². The molecule has 3 heteroatoms. The standard InChI is InChI=1S/C5H4O3/c1-3-5(7)8-4(2)6/h1H,2H3. The van der Waals surface area contributed by atoms with Crippen molar-refractivity contribution in [3.8, 4) is 12.3 Å². The summed E-state index contributed by atoms with van der Waals surface area (Å²) in [6.45, 7) is 1.11. The van der Waals surface area contributed by atoms with Crippen LogP contribution in [0.25, 0.3) is 0 Å². The summed E-state index contributed by atoms with van der Waals surface area (Å²) < 4.78 is 3.89. The average molecular weight is 112 g/mol. The van der Waals surface area contributed by atoms with Gasteiger partial charge in [0.1, 0.15) is 0 Å². The largest absolute Gasteiger partial charge is 0.391 e. The topological polar surface area (TPSA) is 43.4 Å². The maximum absolute atomic E-state index is 9.94. The Labute approximate surface area is 46.6 Å². The quantitative estimate of drug-likeness (QED) is 0.187. The molecular weight excluding hydrogens is 108 g/mol. The van der Waals surface area contributed by atoms with Crippen LogP contribution in [0.4, 0.5) is 0 Å². The molecule has 42 valence electrons. The summed E-state index contributed by atoms with van der Waals surface area (Å²) in [6.07, 6.45) is 4.54. The fourth-order valence-electron chi connectivity index (χ4n) is 0.160. The Morgan fingerprint density at radius 1 is 1.62 bits per heavy atom. The first-order valence-electron chi connectivity index (χ1n) is 1.86. The van der Waals surface area contributed by atoms with Crippen LogP contribution < -0.4 is 0 Å². The summed E-state index contributed by atoms with van der Waals surface area (Å²) in [4.78, 5) is 19.8. The summed E-state index contributed by atoms with van der Waals surface area (Å²) in [5.74, 6) is -0.0195. The van der Waals surface area contributed by atoms with E-state index in [0.29, 0.717) is 0 Å². The summed E-state index contributed by atoms with van der Waals surface area (Å²) in [6, 6.07) is 0. The lowest BCUT2D eigenvalue weighted by Crippen LogP contribution is -2.05. The first-order valence-corrected chi connectivity index (χ1v) is 1.86. The van der Waals surface area contributed by atoms with Crippen molar-refractivity contribution in [2.24, 2.45) is 0 Å². The monoisotopic (exact) mass is 112 g/mol. The van der Waals surface area contributed by atoms with E-state index in [9.17, 15) is 9.59 Å². The number of hydrogen-bond acceptors (Lipinski definition) is 3. The zero-order chi connectivity index (χ0) is 6.57. The van der Waals surface area contributed by atoms with Gasteiger partial charge in [-0.3, -0.25) is 4.79 Å². The average Bonchev–Trinajstić information content (AvgIpc) is 1.65. The predicted molar refractivity (Wildman–Crippen MR) is 25.6 cm³/mol. The molecule has 0 bridgehead atoms. The molecule has 0 saturated heterocycles. The minimum Gasteiger partial charge on any atom is -0.383 e. The second-order valence-electron chi connectivity index (χ2n) is 1.03. The minimum atomic E-state index is -0.947. The van der Waals surface area contributed by atoms with Crippen LogP contribution in [0.1, 0.15) is 6.92 Å². The third kappa shape index (κ3) is 2.91. The highest BCUT2D eigenvalue weighted by Gasteiger charge is 1.97. The van der Waals surface area contributed by atoms with Crippen LogP contribution in [-0.2, 0) is 14.3 Å². The van der Waals surface area contributed by atoms with Crippen LogP contribution in [-0.4, -0.2) is 11.9 Å². The fourth-order valence-corrected chi connectivity index (χ4v) is 0.160. The van der Waals surface area contributed by atoms with E-state index in [0.717, 1.165) is 6.92 Å². The summed E-state index contributed by atoms with van der Waals surface area (Å²) in [5, 5.41) is 0. The normalized spacial score (nSPS) is 7.00. The van der Waals surface area contributed by atoms with Crippen molar-refractivity contribution in [3.63, 3.8) is 0 Å². The molecule has 0 atom stereocenters. The number of carbonyl (C=O) groups is 2. The van der Waals surface area contributed by atoms with E-state index in [-0.39, 0.29) is 0 Å². The van der Waals surface area contributed by atoms with Gasteiger partial charge in [-0.15, -0.1) is 6.42 Å². The molecule has 0 N–H and O–H groups in total. The molecule has 0 radical (unpaired) electrons. The first-order chi connectivity index (χ1) is 3.66. The van der Waals surface area contributed by atoms with Crippen LogP contribution >= 0.6 is 0 Å². The van der Waals surface area contributed by atoms with E-state index >= 15 is 0 Å². The highest BCUT2D eigenvalue weighted by atomic mass is 16.6. The van der Waals surface area contributed by atoms with Crippen molar-refractivity contribution in [2.75, 3.05) is 0 Å². The fraction of sp³-hybridized carbons (Fsp3) is 0.200. The highest BCUT2D eigenvalue weighted by Crippen LogP contribution is 1.74. The van der Waals surface area contributed by atoms with E-state index in [2.05, 4.69) is 11.2 Å². The van der Waals surface area contributed by atoms with Crippen LogP contribution in [0, 0.1) is 12.3 Å². The highest BCUT2D eigenvalue weighted by molar-refractivity contribution is 5.95. The molecule has 0 aromatic rings. The summed E-state index contributed by atoms with van der Waals surface area (Å²) in [5.41, 5.74) is 0. The van der Waals surface area contributed by atoms with Gasteiger partial charge in [0.25, 0.3) is 0 Å². The number of carbonyl (C=O) groups excluding carboxylic acids is 2. The van der Waals surface area contributed by atoms with Crippen LogP contribution in [0.15, 0.2) is 0 Å². The van der Waals surface area contributed by atoms with Crippen LogP contribution in [0.5, 0.6) is 0 Å². The molecule has 0 aliphatic heterocycles. The van der Waals surface area contributed by atoms with Crippen molar-refractivity contribution in [2.45, 2.75) is 6.92 Å². The molecule has 0 unspecified atom stereocenters. The Kier molecular flexibility index (Phi) is 2.35. The Bertz CT molecular complexity index is 152. The van der Waals surface area contributed by atoms with Gasteiger partial charge in [-0.1, -0.05) is 0 Å². The molecule has 0 aliphatic rings. The minimum absolute atomic E-state index is 0.687. The van der Waals surface area contributed by atoms with Crippen molar-refractivity contribution < 1.29 is 14.3 Å². The Morgan fingerprint density at radius 3 is 2.25 bits per heavy atom. The molecule has 0 rings (SSSR count). The molecule has 0 aromatic heterocycles. The van der Waals surface area contributed by atoms with Gasteiger partial charge >= 0.3 is 11.9 Å². The lowest BCUT2D eigenvalue weighted by molar-refractivity contribution is -0.153. The maximum atomic E-state index is 9.94. The molecule has 0 aliphatic carbocycles. The van der Waals surface area contributed by atoms with Crippen molar-refractivity contribution in [3.05, 3.63) is 0 Å². The first kappa shape index (κ1) is 6.70. The number of hydrogen-bond donors (Lipinski definition) is 0. The van der Waals surface area contributed by atoms with Gasteiger partial charge in [0.2, 0.25) is 0 Å². The van der Waals surface area contributed by atoms with Crippen molar-refractivity contribution >= 4 is 11.9 Å². The van der Waals surface area contributed by atoms with E-state index in [1.54, 1.807) is 5.92 Å². The van der Waals surface area contributed by atoms with Gasteiger partial charge < -0.3 is 4.74 Å². The van der Waals surface area contributed by atoms with Crippen LogP contribution in [0.2, 0.25) is 0 Å². The zero-order valence-corrected chi connectivity index (χ0v) is 4.30. The van der Waals surface area contributed by atoms with Crippen molar-refractivity contribution in [1.82, 2.24) is 0 Å². The van der Waals surface area contributed by atoms with E-state index < -0.39 is 11.9 Å². The second-order valence-corrected chi connectivity index (χ2v) is 1.03. The zero-order valence-electron chi connectivity index (χ0n) is 4.30. The molecule has 0 amide bonds. The predicted octanol–water partition coefficient (Wildman–Crippen LogP) is -0.291. The van der Waals surface area contributed by atoms with Gasteiger partial charge in [-0.25, -0.2) is 4.79 Å². The molecule has 0 fully saturated rings. The number of rotatable bonds is 0. The molecule has 0 aromatic carbocycles. The summed E-state index contributed by atoms with van der Waals surface area (Å²) in [7, 11) is 0. The Balaban J connectivity index is 3.61. The van der Waals surface area contributed by atoms with E-state index in [4.69, 9.17) is 0 Å². The second kappa shape index (κ2) is 2.80. The third-order valence-electron chi connectivity index (χ3n) is 0.354. The van der Waals surface area contributed by atoms with Gasteiger partial charge in [-0.2, -0.15) is 0 Å². The smallest absolute Gasteiger partial charge is 0.383 e. The Morgan fingerprint density at radius 2 is 2.12 bits per heavy atom. The molecule has 0 spiro atoms. The lowest BCUT2D eigenvalue weighted by atomic mass is 10.7. The van der Waals surface area contributed by atoms with Gasteiger partial charge in [0, 0.05) is 12.8 Å². The molecule has 3 nitrogen and oxygen atoms in total. The summed E-state index contributed by atoms with van der Waals surface area (Å²) >= 11 is 0. The molecular formula is C5H4O3. The molecule has 8 heavy (non-hydrogen) atoms.